The van der Waals surface area contributed by atoms with E-state index in [1.807, 2.05) is 19.1 Å². The first kappa shape index (κ1) is 25.7. The Kier molecular flexibility index (Phi) is 7.73. The maximum atomic E-state index is 13.0. The van der Waals surface area contributed by atoms with Gasteiger partial charge < -0.3 is 20.7 Å². The van der Waals surface area contributed by atoms with Gasteiger partial charge in [-0.2, -0.15) is 14.8 Å². The number of carbonyl (C=O) groups excluding carboxylic acids is 1. The predicted octanol–water partition coefficient (Wildman–Crippen LogP) is 4.11. The lowest BCUT2D eigenvalue weighted by Crippen LogP contribution is -2.16. The quantitative estimate of drug-likeness (QED) is 0.290. The van der Waals surface area contributed by atoms with Crippen molar-refractivity contribution in [2.45, 2.75) is 33.1 Å². The van der Waals surface area contributed by atoms with Crippen molar-refractivity contribution in [2.24, 2.45) is 0 Å². The molecule has 0 atom stereocenters. The van der Waals surface area contributed by atoms with Crippen molar-refractivity contribution in [1.82, 2.24) is 29.7 Å². The summed E-state index contributed by atoms with van der Waals surface area (Å²) in [5.74, 6) is 1.40. The average Bonchev–Trinajstić information content (AvgIpc) is 3.33. The molecule has 0 aliphatic carbocycles. The molecular formula is C26H31N9O2. The Morgan fingerprint density at radius 3 is 2.65 bits per heavy atom. The number of anilines is 4. The predicted molar refractivity (Wildman–Crippen MR) is 143 cm³/mol. The molecule has 1 amide bonds. The molecule has 0 unspecified atom stereocenters. The van der Waals surface area contributed by atoms with Gasteiger partial charge in [0.1, 0.15) is 18.5 Å². The number of methoxy groups -OCH3 is 1. The van der Waals surface area contributed by atoms with Crippen LogP contribution >= 0.6 is 0 Å². The van der Waals surface area contributed by atoms with Crippen molar-refractivity contribution in [3.8, 4) is 5.82 Å². The Balaban J connectivity index is 1.53. The Morgan fingerprint density at radius 2 is 1.86 bits per heavy atom. The molecule has 4 rings (SSSR count). The first-order valence-corrected chi connectivity index (χ1v) is 11.9. The second-order valence-corrected chi connectivity index (χ2v) is 9.47. The van der Waals surface area contributed by atoms with Crippen molar-refractivity contribution in [3.63, 3.8) is 0 Å². The molecule has 0 saturated heterocycles. The van der Waals surface area contributed by atoms with Crippen LogP contribution in [0, 0.1) is 6.92 Å². The molecule has 3 N–H and O–H groups in total. The second kappa shape index (κ2) is 11.1. The van der Waals surface area contributed by atoms with Crippen LogP contribution < -0.4 is 16.0 Å². The molecule has 11 heteroatoms. The van der Waals surface area contributed by atoms with Gasteiger partial charge in [-0.25, -0.2) is 9.97 Å². The fourth-order valence-electron chi connectivity index (χ4n) is 3.48. The number of hydrogen-bond acceptors (Lipinski definition) is 9. The van der Waals surface area contributed by atoms with E-state index in [0.717, 1.165) is 16.9 Å². The molecule has 0 saturated carbocycles. The summed E-state index contributed by atoms with van der Waals surface area (Å²) in [4.78, 5) is 30.4. The minimum absolute atomic E-state index is 0.123. The van der Waals surface area contributed by atoms with Crippen LogP contribution in [-0.4, -0.2) is 55.9 Å². The largest absolute Gasteiger partial charge is 0.383 e. The number of aromatic nitrogens is 6. The first-order valence-electron chi connectivity index (χ1n) is 11.9. The van der Waals surface area contributed by atoms with Gasteiger partial charge in [0.15, 0.2) is 5.82 Å². The van der Waals surface area contributed by atoms with Crippen LogP contribution in [0.15, 0.2) is 55.2 Å². The van der Waals surface area contributed by atoms with Crippen LogP contribution in [-0.2, 0) is 10.2 Å². The zero-order chi connectivity index (χ0) is 26.4. The van der Waals surface area contributed by atoms with Gasteiger partial charge in [0.2, 0.25) is 5.95 Å². The van der Waals surface area contributed by atoms with Gasteiger partial charge in [0.05, 0.1) is 6.61 Å². The third-order valence-corrected chi connectivity index (χ3v) is 5.56. The fraction of sp³-hybridized carbons (Fsp3) is 0.308. The van der Waals surface area contributed by atoms with Crippen molar-refractivity contribution in [1.29, 1.82) is 0 Å². The molecule has 11 nitrogen and oxygen atoms in total. The standard InChI is InChI=1S/C26H31N9O2/c1-17-6-7-18(24(36)33-19-8-9-27-21(13-19)26(2,3)4)12-20(17)34-25-31-16-32-35(25)23-14-22(29-15-30-23)28-10-11-37-5/h6-9,12-16H,10-11H2,1-5H3,(H,27,33,36)(H,28,29,30)(H,31,32,34). The first-order chi connectivity index (χ1) is 17.7. The number of hydrogen-bond donors (Lipinski definition) is 3. The van der Waals surface area contributed by atoms with Gasteiger partial charge >= 0.3 is 0 Å². The van der Waals surface area contributed by atoms with E-state index in [9.17, 15) is 4.79 Å². The lowest BCUT2D eigenvalue weighted by Gasteiger charge is -2.18. The zero-order valence-corrected chi connectivity index (χ0v) is 21.6. The Hall–Kier alpha value is -4.38. The van der Waals surface area contributed by atoms with Crippen molar-refractivity contribution in [2.75, 3.05) is 36.2 Å². The molecule has 0 radical (unpaired) electrons. The third-order valence-electron chi connectivity index (χ3n) is 5.56. The van der Waals surface area contributed by atoms with E-state index >= 15 is 0 Å². The number of amides is 1. The molecule has 3 aromatic heterocycles. The minimum atomic E-state index is -0.224. The lowest BCUT2D eigenvalue weighted by molar-refractivity contribution is 0.102. The number of pyridine rings is 1. The van der Waals surface area contributed by atoms with Gasteiger partial charge in [-0.05, 0) is 36.8 Å². The summed E-state index contributed by atoms with van der Waals surface area (Å²) in [5, 5.41) is 13.7. The zero-order valence-electron chi connectivity index (χ0n) is 21.6. The van der Waals surface area contributed by atoms with E-state index in [4.69, 9.17) is 4.74 Å². The van der Waals surface area contributed by atoms with Gasteiger partial charge in [-0.1, -0.05) is 26.8 Å². The highest BCUT2D eigenvalue weighted by atomic mass is 16.5. The molecule has 0 fully saturated rings. The highest BCUT2D eigenvalue weighted by Gasteiger charge is 2.17. The molecule has 0 aliphatic heterocycles. The van der Waals surface area contributed by atoms with Crippen molar-refractivity contribution in [3.05, 3.63) is 72.1 Å². The SMILES string of the molecule is COCCNc1cc(-n2ncnc2Nc2cc(C(=O)Nc3ccnc(C(C)(C)C)c3)ccc2C)ncn1. The van der Waals surface area contributed by atoms with Gasteiger partial charge in [-0.3, -0.25) is 9.78 Å². The number of benzene rings is 1. The number of aryl methyl sites for hydroxylation is 1. The highest BCUT2D eigenvalue weighted by Crippen LogP contribution is 2.25. The number of nitrogens with zero attached hydrogens (tertiary/aromatic N) is 6. The fourth-order valence-corrected chi connectivity index (χ4v) is 3.48. The molecule has 0 bridgehead atoms. The molecule has 0 spiro atoms. The molecule has 4 aromatic rings. The van der Waals surface area contributed by atoms with E-state index in [1.54, 1.807) is 42.3 Å². The van der Waals surface area contributed by atoms with Crippen LogP contribution in [0.1, 0.15) is 42.4 Å². The van der Waals surface area contributed by atoms with Gasteiger partial charge in [-0.15, -0.1) is 0 Å². The van der Waals surface area contributed by atoms with Gasteiger partial charge in [0, 0.05) is 54.0 Å². The number of carbonyl (C=O) groups is 1. The maximum absolute atomic E-state index is 13.0. The Morgan fingerprint density at radius 1 is 1.03 bits per heavy atom. The Bertz CT molecular complexity index is 1380. The molecule has 3 heterocycles. The van der Waals surface area contributed by atoms with Crippen molar-refractivity contribution >= 4 is 29.0 Å². The Labute approximate surface area is 215 Å². The maximum Gasteiger partial charge on any atom is 0.255 e. The monoisotopic (exact) mass is 501 g/mol. The molecule has 192 valence electrons. The summed E-state index contributed by atoms with van der Waals surface area (Å²) in [5.41, 5.74) is 3.63. The lowest BCUT2D eigenvalue weighted by atomic mass is 9.91. The summed E-state index contributed by atoms with van der Waals surface area (Å²) in [6.45, 7) is 9.36. The second-order valence-electron chi connectivity index (χ2n) is 9.47. The average molecular weight is 502 g/mol. The van der Waals surface area contributed by atoms with E-state index in [-0.39, 0.29) is 11.3 Å². The summed E-state index contributed by atoms with van der Waals surface area (Å²) in [7, 11) is 1.64. The summed E-state index contributed by atoms with van der Waals surface area (Å²) in [6.07, 6.45) is 4.59. The normalized spacial score (nSPS) is 11.3. The summed E-state index contributed by atoms with van der Waals surface area (Å²) < 4.78 is 6.64. The van der Waals surface area contributed by atoms with Gasteiger partial charge in [0.25, 0.3) is 5.91 Å². The van der Waals surface area contributed by atoms with Crippen LogP contribution in [0.2, 0.25) is 0 Å². The number of ether oxygens (including phenoxy) is 1. The van der Waals surface area contributed by atoms with E-state index in [1.165, 1.54) is 12.7 Å². The molecule has 1 aromatic carbocycles. The summed E-state index contributed by atoms with van der Waals surface area (Å²) in [6, 6.07) is 10.9. The van der Waals surface area contributed by atoms with E-state index in [2.05, 4.69) is 61.8 Å². The van der Waals surface area contributed by atoms with E-state index in [0.29, 0.717) is 42.0 Å². The summed E-state index contributed by atoms with van der Waals surface area (Å²) >= 11 is 0. The minimum Gasteiger partial charge on any atom is -0.383 e. The van der Waals surface area contributed by atoms with Crippen LogP contribution in [0.25, 0.3) is 5.82 Å². The molecule has 37 heavy (non-hydrogen) atoms. The topological polar surface area (TPSA) is 132 Å². The third kappa shape index (κ3) is 6.44. The van der Waals surface area contributed by atoms with Crippen LogP contribution in [0.3, 0.4) is 0 Å². The number of rotatable bonds is 9. The molecule has 0 aliphatic rings. The van der Waals surface area contributed by atoms with Crippen LogP contribution in [0.4, 0.5) is 23.1 Å². The van der Waals surface area contributed by atoms with E-state index < -0.39 is 0 Å². The number of nitrogens with one attached hydrogen (secondary N) is 3. The van der Waals surface area contributed by atoms with Crippen LogP contribution in [0.5, 0.6) is 0 Å². The highest BCUT2D eigenvalue weighted by molar-refractivity contribution is 6.05. The molecular weight excluding hydrogens is 470 g/mol. The van der Waals surface area contributed by atoms with Crippen molar-refractivity contribution < 1.29 is 9.53 Å². The smallest absolute Gasteiger partial charge is 0.255 e.